The molecule has 0 unspecified atom stereocenters. The molecular formula is C11H16N2O2. The second kappa shape index (κ2) is 4.98. The van der Waals surface area contributed by atoms with E-state index in [0.29, 0.717) is 13.1 Å². The predicted molar refractivity (Wildman–Crippen MR) is 56.1 cm³/mol. The number of carbonyl (C=O) groups excluding carboxylic acids is 1. The van der Waals surface area contributed by atoms with Crippen molar-refractivity contribution in [3.63, 3.8) is 0 Å². The lowest BCUT2D eigenvalue weighted by Gasteiger charge is -2.04. The van der Waals surface area contributed by atoms with E-state index in [9.17, 15) is 4.79 Å². The largest absolute Gasteiger partial charge is 0.468 e. The standard InChI is InChI=1S/C11H16N2O2/c14-11(13-6-9-3-4-9)8-12-7-10-2-1-5-15-10/h1-2,5,9,12H,3-4,6-8H2,(H,13,14). The van der Waals surface area contributed by atoms with Crippen LogP contribution in [0.5, 0.6) is 0 Å². The Labute approximate surface area is 89.0 Å². The normalized spacial score (nSPS) is 15.2. The van der Waals surface area contributed by atoms with Crippen molar-refractivity contribution in [2.45, 2.75) is 19.4 Å². The van der Waals surface area contributed by atoms with Crippen LogP contribution in [0.25, 0.3) is 0 Å². The summed E-state index contributed by atoms with van der Waals surface area (Å²) in [5.41, 5.74) is 0. The average Bonchev–Trinajstić information content (AvgIpc) is 2.92. The van der Waals surface area contributed by atoms with Gasteiger partial charge in [0.05, 0.1) is 19.4 Å². The van der Waals surface area contributed by atoms with Crippen LogP contribution in [0.3, 0.4) is 0 Å². The summed E-state index contributed by atoms with van der Waals surface area (Å²) in [4.78, 5) is 11.3. The highest BCUT2D eigenvalue weighted by Gasteiger charge is 2.21. The van der Waals surface area contributed by atoms with Gasteiger partial charge in [-0.3, -0.25) is 4.79 Å². The molecule has 82 valence electrons. The Morgan fingerprint density at radius 1 is 1.53 bits per heavy atom. The summed E-state index contributed by atoms with van der Waals surface area (Å²) >= 11 is 0. The van der Waals surface area contributed by atoms with E-state index in [1.54, 1.807) is 6.26 Å². The number of nitrogens with one attached hydrogen (secondary N) is 2. The molecule has 0 bridgehead atoms. The van der Waals surface area contributed by atoms with Crippen LogP contribution in [0.15, 0.2) is 22.8 Å². The fourth-order valence-corrected chi connectivity index (χ4v) is 1.36. The molecule has 0 atom stereocenters. The zero-order valence-electron chi connectivity index (χ0n) is 8.66. The minimum atomic E-state index is 0.0634. The molecule has 1 saturated carbocycles. The van der Waals surface area contributed by atoms with Gasteiger partial charge < -0.3 is 15.1 Å². The molecule has 1 aromatic heterocycles. The second-order valence-corrected chi connectivity index (χ2v) is 3.93. The zero-order chi connectivity index (χ0) is 10.5. The van der Waals surface area contributed by atoms with E-state index < -0.39 is 0 Å². The highest BCUT2D eigenvalue weighted by atomic mass is 16.3. The van der Waals surface area contributed by atoms with Crippen LogP contribution in [0.1, 0.15) is 18.6 Å². The average molecular weight is 208 g/mol. The van der Waals surface area contributed by atoms with E-state index in [1.165, 1.54) is 12.8 Å². The van der Waals surface area contributed by atoms with Crippen molar-refractivity contribution in [3.8, 4) is 0 Å². The fraction of sp³-hybridized carbons (Fsp3) is 0.545. The molecule has 2 N–H and O–H groups in total. The van der Waals surface area contributed by atoms with E-state index in [1.807, 2.05) is 12.1 Å². The minimum absolute atomic E-state index is 0.0634. The quantitative estimate of drug-likeness (QED) is 0.730. The lowest BCUT2D eigenvalue weighted by atomic mass is 10.4. The highest BCUT2D eigenvalue weighted by Crippen LogP contribution is 2.27. The molecule has 0 saturated heterocycles. The molecule has 0 spiro atoms. The van der Waals surface area contributed by atoms with Crippen LogP contribution in [0.2, 0.25) is 0 Å². The number of carbonyl (C=O) groups is 1. The number of furan rings is 1. The Morgan fingerprint density at radius 3 is 3.07 bits per heavy atom. The maximum absolute atomic E-state index is 11.3. The molecule has 0 aliphatic heterocycles. The molecular weight excluding hydrogens is 192 g/mol. The van der Waals surface area contributed by atoms with Crippen molar-refractivity contribution in [3.05, 3.63) is 24.2 Å². The first-order valence-corrected chi connectivity index (χ1v) is 5.34. The van der Waals surface area contributed by atoms with Crippen molar-refractivity contribution >= 4 is 5.91 Å². The summed E-state index contributed by atoms with van der Waals surface area (Å²) in [5, 5.41) is 5.92. The molecule has 4 heteroatoms. The Bertz CT molecular complexity index is 304. The molecule has 15 heavy (non-hydrogen) atoms. The van der Waals surface area contributed by atoms with Crippen molar-refractivity contribution in [1.29, 1.82) is 0 Å². The lowest BCUT2D eigenvalue weighted by Crippen LogP contribution is -2.34. The minimum Gasteiger partial charge on any atom is -0.468 e. The molecule has 4 nitrogen and oxygen atoms in total. The third-order valence-electron chi connectivity index (χ3n) is 2.45. The van der Waals surface area contributed by atoms with Crippen LogP contribution in [-0.2, 0) is 11.3 Å². The van der Waals surface area contributed by atoms with Gasteiger partial charge in [-0.25, -0.2) is 0 Å². The fourth-order valence-electron chi connectivity index (χ4n) is 1.36. The molecule has 1 aliphatic carbocycles. The number of rotatable bonds is 6. The van der Waals surface area contributed by atoms with Gasteiger partial charge in [-0.05, 0) is 30.9 Å². The van der Waals surface area contributed by atoms with Gasteiger partial charge in [-0.15, -0.1) is 0 Å². The van der Waals surface area contributed by atoms with Gasteiger partial charge in [0.25, 0.3) is 0 Å². The molecule has 1 amide bonds. The van der Waals surface area contributed by atoms with Gasteiger partial charge in [0.15, 0.2) is 0 Å². The van der Waals surface area contributed by atoms with Crippen molar-refractivity contribution in [1.82, 2.24) is 10.6 Å². The van der Waals surface area contributed by atoms with Crippen molar-refractivity contribution in [2.75, 3.05) is 13.1 Å². The van der Waals surface area contributed by atoms with Crippen LogP contribution in [-0.4, -0.2) is 19.0 Å². The summed E-state index contributed by atoms with van der Waals surface area (Å²) in [7, 11) is 0. The number of hydrogen-bond acceptors (Lipinski definition) is 3. The van der Waals surface area contributed by atoms with Crippen LogP contribution >= 0.6 is 0 Å². The summed E-state index contributed by atoms with van der Waals surface area (Å²) in [5.74, 6) is 1.65. The van der Waals surface area contributed by atoms with E-state index in [4.69, 9.17) is 4.42 Å². The number of amides is 1. The summed E-state index contributed by atoms with van der Waals surface area (Å²) in [6, 6.07) is 3.72. The van der Waals surface area contributed by atoms with Crippen LogP contribution < -0.4 is 10.6 Å². The van der Waals surface area contributed by atoms with Gasteiger partial charge in [0.1, 0.15) is 5.76 Å². The molecule has 1 aromatic rings. The monoisotopic (exact) mass is 208 g/mol. The first kappa shape index (κ1) is 10.2. The topological polar surface area (TPSA) is 54.3 Å². The Hall–Kier alpha value is -1.29. The SMILES string of the molecule is O=C(CNCc1ccco1)NCC1CC1. The van der Waals surface area contributed by atoms with E-state index in [-0.39, 0.29) is 5.91 Å². The van der Waals surface area contributed by atoms with Crippen molar-refractivity contribution in [2.24, 2.45) is 5.92 Å². The predicted octanol–water partition coefficient (Wildman–Crippen LogP) is 0.895. The van der Waals surface area contributed by atoms with E-state index in [2.05, 4.69) is 10.6 Å². The second-order valence-electron chi connectivity index (χ2n) is 3.93. The molecule has 0 radical (unpaired) electrons. The lowest BCUT2D eigenvalue weighted by molar-refractivity contribution is -0.120. The maximum Gasteiger partial charge on any atom is 0.233 e. The zero-order valence-corrected chi connectivity index (χ0v) is 8.66. The third kappa shape index (κ3) is 3.75. The first-order valence-electron chi connectivity index (χ1n) is 5.34. The van der Waals surface area contributed by atoms with Gasteiger partial charge in [-0.2, -0.15) is 0 Å². The van der Waals surface area contributed by atoms with E-state index in [0.717, 1.165) is 18.2 Å². The Balaban J connectivity index is 1.54. The summed E-state index contributed by atoms with van der Waals surface area (Å²) < 4.78 is 5.13. The van der Waals surface area contributed by atoms with Crippen molar-refractivity contribution < 1.29 is 9.21 Å². The highest BCUT2D eigenvalue weighted by molar-refractivity contribution is 5.77. The maximum atomic E-state index is 11.3. The first-order chi connectivity index (χ1) is 7.34. The smallest absolute Gasteiger partial charge is 0.233 e. The summed E-state index contributed by atoms with van der Waals surface area (Å²) in [6.45, 7) is 1.79. The van der Waals surface area contributed by atoms with Gasteiger partial charge in [0, 0.05) is 6.54 Å². The Morgan fingerprint density at radius 2 is 2.40 bits per heavy atom. The molecule has 1 heterocycles. The number of hydrogen-bond donors (Lipinski definition) is 2. The van der Waals surface area contributed by atoms with E-state index >= 15 is 0 Å². The van der Waals surface area contributed by atoms with Gasteiger partial charge in [0.2, 0.25) is 5.91 Å². The van der Waals surface area contributed by atoms with Gasteiger partial charge >= 0.3 is 0 Å². The Kier molecular flexibility index (Phi) is 3.40. The molecule has 1 aliphatic rings. The van der Waals surface area contributed by atoms with Crippen LogP contribution in [0.4, 0.5) is 0 Å². The van der Waals surface area contributed by atoms with Crippen LogP contribution in [0, 0.1) is 5.92 Å². The molecule has 2 rings (SSSR count). The summed E-state index contributed by atoms with van der Waals surface area (Å²) in [6.07, 6.45) is 4.16. The third-order valence-corrected chi connectivity index (χ3v) is 2.45. The molecule has 0 aromatic carbocycles. The molecule has 1 fully saturated rings. The van der Waals surface area contributed by atoms with Gasteiger partial charge in [-0.1, -0.05) is 0 Å².